The van der Waals surface area contributed by atoms with E-state index in [0.29, 0.717) is 5.75 Å². The van der Waals surface area contributed by atoms with Crippen LogP contribution in [0.2, 0.25) is 0 Å². The lowest BCUT2D eigenvalue weighted by molar-refractivity contribution is -0.114. The third kappa shape index (κ3) is 6.33. The quantitative estimate of drug-likeness (QED) is 0.509. The average molecular weight is 498 g/mol. The molecule has 0 aliphatic carbocycles. The van der Waals surface area contributed by atoms with Crippen LogP contribution in [0.25, 0.3) is 5.57 Å². The van der Waals surface area contributed by atoms with Gasteiger partial charge in [-0.1, -0.05) is 48.6 Å². The van der Waals surface area contributed by atoms with Gasteiger partial charge in [0.15, 0.2) is 5.12 Å². The van der Waals surface area contributed by atoms with E-state index in [4.69, 9.17) is 9.47 Å². The van der Waals surface area contributed by atoms with E-state index in [9.17, 15) is 9.59 Å². The summed E-state index contributed by atoms with van der Waals surface area (Å²) in [5.74, 6) is 2.43. The molecule has 0 radical (unpaired) electrons. The van der Waals surface area contributed by atoms with E-state index in [1.54, 1.807) is 14.2 Å². The molecule has 2 aliphatic heterocycles. The Morgan fingerprint density at radius 2 is 1.47 bits per heavy atom. The van der Waals surface area contributed by atoms with E-state index < -0.39 is 0 Å². The van der Waals surface area contributed by atoms with Gasteiger partial charge in [0.25, 0.3) is 0 Å². The molecule has 0 saturated carbocycles. The average Bonchev–Trinajstić information content (AvgIpc) is 2.83. The Morgan fingerprint density at radius 1 is 0.882 bits per heavy atom. The van der Waals surface area contributed by atoms with Crippen LogP contribution < -0.4 is 9.47 Å². The highest BCUT2D eigenvalue weighted by Gasteiger charge is 2.23. The molecule has 34 heavy (non-hydrogen) atoms. The fourth-order valence-electron chi connectivity index (χ4n) is 3.71. The number of ether oxygens (including phenoxy) is 2. The van der Waals surface area contributed by atoms with E-state index in [-0.39, 0.29) is 22.2 Å². The predicted octanol–water partition coefficient (Wildman–Crippen LogP) is 6.10. The maximum Gasteiger partial charge on any atom is 0.213 e. The third-order valence-electron chi connectivity index (χ3n) is 5.66. The monoisotopic (exact) mass is 497 g/mol. The van der Waals surface area contributed by atoms with Crippen LogP contribution in [0.4, 0.5) is 0 Å². The number of carbonyl (C=O) groups is 2. The fraction of sp³-hybridized carbons (Fsp3) is 0.370. The van der Waals surface area contributed by atoms with Crippen molar-refractivity contribution in [1.82, 2.24) is 0 Å². The number of carbonyl (C=O) groups excluding carboxylic acids is 2. The number of hydrogen-bond acceptors (Lipinski definition) is 7. The Labute approximate surface area is 210 Å². The van der Waals surface area contributed by atoms with Gasteiger partial charge in [-0.05, 0) is 67.5 Å². The first-order chi connectivity index (χ1) is 16.2. The van der Waals surface area contributed by atoms with Crippen LogP contribution in [0.1, 0.15) is 42.5 Å². The number of rotatable bonds is 4. The number of allylic oxidation sites excluding steroid dienone is 1. The molecule has 0 bridgehead atoms. The van der Waals surface area contributed by atoms with Gasteiger partial charge in [0, 0.05) is 22.8 Å². The van der Waals surface area contributed by atoms with Crippen molar-refractivity contribution in [2.45, 2.75) is 40.2 Å². The van der Waals surface area contributed by atoms with E-state index in [2.05, 4.69) is 17.1 Å². The van der Waals surface area contributed by atoms with Crippen molar-refractivity contribution >= 4 is 45.0 Å². The summed E-state index contributed by atoms with van der Waals surface area (Å²) < 4.78 is 10.8. The summed E-state index contributed by atoms with van der Waals surface area (Å²) in [6, 6.07) is 12.0. The van der Waals surface area contributed by atoms with Gasteiger partial charge in [-0.25, -0.2) is 0 Å². The molecule has 0 spiro atoms. The van der Waals surface area contributed by atoms with Crippen LogP contribution in [-0.4, -0.2) is 42.0 Å². The number of methoxy groups -OCH3 is 2. The fourth-order valence-corrected chi connectivity index (χ4v) is 5.31. The van der Waals surface area contributed by atoms with Gasteiger partial charge in [0.05, 0.1) is 19.9 Å². The van der Waals surface area contributed by atoms with Gasteiger partial charge in [-0.2, -0.15) is 0 Å². The van der Waals surface area contributed by atoms with Crippen LogP contribution >= 0.6 is 23.5 Å². The zero-order chi connectivity index (χ0) is 24.8. The first-order valence-electron chi connectivity index (χ1n) is 11.2. The molecular weight excluding hydrogens is 466 g/mol. The molecule has 2 heterocycles. The molecule has 5 nitrogen and oxygen atoms in total. The van der Waals surface area contributed by atoms with Crippen LogP contribution in [0.5, 0.6) is 11.5 Å². The van der Waals surface area contributed by atoms with Gasteiger partial charge in [0.1, 0.15) is 17.5 Å². The number of aliphatic imine (C=N–C) groups is 1. The summed E-state index contributed by atoms with van der Waals surface area (Å²) in [4.78, 5) is 27.3. The maximum absolute atomic E-state index is 11.5. The third-order valence-corrected chi connectivity index (χ3v) is 7.74. The predicted molar refractivity (Wildman–Crippen MR) is 143 cm³/mol. The summed E-state index contributed by atoms with van der Waals surface area (Å²) in [5.41, 5.74) is 6.56. The molecule has 2 aliphatic rings. The summed E-state index contributed by atoms with van der Waals surface area (Å²) in [6.45, 7) is 7.87. The molecule has 0 unspecified atom stereocenters. The van der Waals surface area contributed by atoms with Crippen molar-refractivity contribution in [1.29, 1.82) is 0 Å². The van der Waals surface area contributed by atoms with Crippen LogP contribution in [-0.2, 0) is 9.59 Å². The summed E-state index contributed by atoms with van der Waals surface area (Å²) in [7, 11) is 3.34. The molecule has 0 saturated heterocycles. The Balaban J connectivity index is 0.000000191. The molecule has 2 aromatic rings. The van der Waals surface area contributed by atoms with E-state index in [1.165, 1.54) is 34.7 Å². The lowest BCUT2D eigenvalue weighted by Crippen LogP contribution is -2.23. The van der Waals surface area contributed by atoms with Crippen LogP contribution in [0.15, 0.2) is 46.8 Å². The summed E-state index contributed by atoms with van der Waals surface area (Å²) in [6.07, 6.45) is 0.797. The van der Waals surface area contributed by atoms with Gasteiger partial charge >= 0.3 is 0 Å². The second kappa shape index (κ2) is 11.8. The molecule has 180 valence electrons. The largest absolute Gasteiger partial charge is 0.496 e. The number of thioether (sulfide) groups is 2. The molecule has 0 N–H and O–H groups in total. The number of nitrogens with zero attached hydrogens (tertiary/aromatic N) is 1. The van der Waals surface area contributed by atoms with E-state index in [1.807, 2.05) is 57.4 Å². The highest BCUT2D eigenvalue weighted by atomic mass is 32.2. The molecular formula is C27H31NO4S2. The van der Waals surface area contributed by atoms with Gasteiger partial charge in [-0.3, -0.25) is 14.6 Å². The standard InChI is InChI=1S/C14H16O2S.C13H15NO2S/c1-9-4-5-12(13(6-9)16-3)11-7-10(2)14(15)17-8-11;1-8-4-5-10(12(6-8)16-3)11-7-17-13(15)9(2)14-11/h4-6,8,10H,7H2,1-3H3;4-6,9H,7H2,1-3H3/t10-;9-/m10/s1. The topological polar surface area (TPSA) is 65.0 Å². The Bertz CT molecular complexity index is 1140. The molecule has 7 heteroatoms. The minimum Gasteiger partial charge on any atom is -0.496 e. The van der Waals surface area contributed by atoms with Crippen molar-refractivity contribution in [3.05, 3.63) is 64.1 Å². The lowest BCUT2D eigenvalue weighted by atomic mass is 9.95. The smallest absolute Gasteiger partial charge is 0.213 e. The summed E-state index contributed by atoms with van der Waals surface area (Å²) in [5, 5.41) is 2.34. The number of hydrogen-bond donors (Lipinski definition) is 0. The number of aryl methyl sites for hydroxylation is 2. The molecule has 0 aromatic heterocycles. The Morgan fingerprint density at radius 3 is 2.03 bits per heavy atom. The lowest BCUT2D eigenvalue weighted by Gasteiger charge is -2.19. The zero-order valence-corrected chi connectivity index (χ0v) is 22.1. The number of benzene rings is 2. The van der Waals surface area contributed by atoms with Crippen molar-refractivity contribution in [2.24, 2.45) is 10.9 Å². The van der Waals surface area contributed by atoms with Gasteiger partial charge in [-0.15, -0.1) is 0 Å². The van der Waals surface area contributed by atoms with Crippen molar-refractivity contribution in [3.8, 4) is 11.5 Å². The highest BCUT2D eigenvalue weighted by Crippen LogP contribution is 2.37. The molecule has 2 aromatic carbocycles. The Hall–Kier alpha value is -2.51. The van der Waals surface area contributed by atoms with E-state index >= 15 is 0 Å². The molecule has 4 rings (SSSR count). The van der Waals surface area contributed by atoms with Crippen LogP contribution in [0, 0.1) is 19.8 Å². The minimum absolute atomic E-state index is 0.0889. The highest BCUT2D eigenvalue weighted by molar-refractivity contribution is 8.16. The van der Waals surface area contributed by atoms with Crippen molar-refractivity contribution in [3.63, 3.8) is 0 Å². The normalized spacial score (nSPS) is 20.1. The Kier molecular flexibility index (Phi) is 9.03. The van der Waals surface area contributed by atoms with Crippen molar-refractivity contribution in [2.75, 3.05) is 20.0 Å². The van der Waals surface area contributed by atoms with Gasteiger partial charge < -0.3 is 9.47 Å². The van der Waals surface area contributed by atoms with Crippen molar-refractivity contribution < 1.29 is 19.1 Å². The first-order valence-corrected chi connectivity index (χ1v) is 13.0. The van der Waals surface area contributed by atoms with Gasteiger partial charge in [0.2, 0.25) is 5.12 Å². The molecule has 0 fully saturated rings. The second-order valence-corrected chi connectivity index (χ2v) is 10.3. The SMILES string of the molecule is COc1cc(C)ccc1C1=CSC(=O)[C@H](C)C1.COc1cc(C)ccc1C1=N[C@@H](C)C(=O)SC1. The van der Waals surface area contributed by atoms with E-state index in [0.717, 1.165) is 40.3 Å². The first kappa shape index (κ1) is 26.1. The van der Waals surface area contributed by atoms with Crippen LogP contribution in [0.3, 0.4) is 0 Å². The second-order valence-electron chi connectivity index (χ2n) is 8.45. The molecule has 0 amide bonds. The minimum atomic E-state index is -0.255. The summed E-state index contributed by atoms with van der Waals surface area (Å²) >= 11 is 2.62. The molecule has 2 atom stereocenters. The zero-order valence-electron chi connectivity index (χ0n) is 20.5. The maximum atomic E-state index is 11.5.